The molecule has 0 spiro atoms. The van der Waals surface area contributed by atoms with Gasteiger partial charge in [0, 0.05) is 20.6 Å². The van der Waals surface area contributed by atoms with Gasteiger partial charge in [-0.25, -0.2) is 0 Å². The lowest BCUT2D eigenvalue weighted by atomic mass is 10.1. The Morgan fingerprint density at radius 1 is 0.867 bits per heavy atom. The minimum Gasteiger partial charge on any atom is -0.0843 e. The molecule has 15 heavy (non-hydrogen) atoms. The highest BCUT2D eigenvalue weighted by Gasteiger charge is 2.04. The lowest BCUT2D eigenvalue weighted by Gasteiger charge is -2.04. The molecule has 75 valence electrons. The van der Waals surface area contributed by atoms with E-state index < -0.39 is 0 Å². The van der Waals surface area contributed by atoms with Crippen LogP contribution in [0, 0.1) is 6.07 Å². The van der Waals surface area contributed by atoms with Crippen LogP contribution in [-0.2, 0) is 0 Å². The largest absolute Gasteiger partial charge is 0.0843 e. The highest BCUT2D eigenvalue weighted by molar-refractivity contribution is 6.35. The summed E-state index contributed by atoms with van der Waals surface area (Å²) >= 11 is 17.9. The molecule has 0 unspecified atom stereocenters. The van der Waals surface area contributed by atoms with Crippen molar-refractivity contribution < 1.29 is 0 Å². The third-order valence-electron chi connectivity index (χ3n) is 1.98. The SMILES string of the molecule is Clc1cc[c]c(-c2cc(Cl)ccc2Cl)c1. The van der Waals surface area contributed by atoms with Gasteiger partial charge in [0.1, 0.15) is 0 Å². The van der Waals surface area contributed by atoms with Gasteiger partial charge in [-0.15, -0.1) is 0 Å². The number of rotatable bonds is 1. The monoisotopic (exact) mass is 255 g/mol. The van der Waals surface area contributed by atoms with Gasteiger partial charge < -0.3 is 0 Å². The maximum atomic E-state index is 6.06. The summed E-state index contributed by atoms with van der Waals surface area (Å²) < 4.78 is 0. The van der Waals surface area contributed by atoms with Gasteiger partial charge in [-0.2, -0.15) is 0 Å². The van der Waals surface area contributed by atoms with Gasteiger partial charge in [0.25, 0.3) is 0 Å². The highest BCUT2D eigenvalue weighted by Crippen LogP contribution is 2.31. The van der Waals surface area contributed by atoms with E-state index in [1.165, 1.54) is 0 Å². The molecule has 2 rings (SSSR count). The molecule has 0 aliphatic rings. The van der Waals surface area contributed by atoms with E-state index in [0.717, 1.165) is 11.1 Å². The quantitative estimate of drug-likeness (QED) is 0.665. The molecule has 0 nitrogen and oxygen atoms in total. The van der Waals surface area contributed by atoms with E-state index in [9.17, 15) is 0 Å². The second-order valence-electron chi connectivity index (χ2n) is 3.04. The van der Waals surface area contributed by atoms with Crippen LogP contribution in [0.3, 0.4) is 0 Å². The molecule has 0 amide bonds. The van der Waals surface area contributed by atoms with Gasteiger partial charge in [-0.3, -0.25) is 0 Å². The molecule has 0 saturated carbocycles. The van der Waals surface area contributed by atoms with Crippen LogP contribution in [0.4, 0.5) is 0 Å². The zero-order valence-electron chi connectivity index (χ0n) is 7.60. The first-order chi connectivity index (χ1) is 7.16. The summed E-state index contributed by atoms with van der Waals surface area (Å²) in [6.45, 7) is 0. The first-order valence-corrected chi connectivity index (χ1v) is 5.43. The summed E-state index contributed by atoms with van der Waals surface area (Å²) in [5.41, 5.74) is 1.68. The normalized spacial score (nSPS) is 10.3. The van der Waals surface area contributed by atoms with Gasteiger partial charge in [-0.1, -0.05) is 40.9 Å². The first kappa shape index (κ1) is 10.8. The zero-order chi connectivity index (χ0) is 10.8. The Labute approximate surface area is 103 Å². The van der Waals surface area contributed by atoms with Crippen LogP contribution in [0.25, 0.3) is 11.1 Å². The average Bonchev–Trinajstić information content (AvgIpc) is 2.22. The van der Waals surface area contributed by atoms with Gasteiger partial charge >= 0.3 is 0 Å². The molecule has 0 bridgehead atoms. The fourth-order valence-electron chi connectivity index (χ4n) is 1.30. The molecule has 0 aromatic heterocycles. The van der Waals surface area contributed by atoms with Crippen molar-refractivity contribution in [1.29, 1.82) is 0 Å². The van der Waals surface area contributed by atoms with Crippen LogP contribution in [-0.4, -0.2) is 0 Å². The van der Waals surface area contributed by atoms with Crippen molar-refractivity contribution in [2.24, 2.45) is 0 Å². The van der Waals surface area contributed by atoms with Crippen LogP contribution < -0.4 is 0 Å². The van der Waals surface area contributed by atoms with E-state index in [-0.39, 0.29) is 0 Å². The van der Waals surface area contributed by atoms with Crippen molar-refractivity contribution in [2.45, 2.75) is 0 Å². The number of benzene rings is 2. The smallest absolute Gasteiger partial charge is 0.0485 e. The van der Waals surface area contributed by atoms with Gasteiger partial charge in [-0.05, 0) is 42.0 Å². The summed E-state index contributed by atoms with van der Waals surface area (Å²) in [5.74, 6) is 0. The summed E-state index contributed by atoms with van der Waals surface area (Å²) in [5, 5.41) is 1.93. The number of halogens is 3. The van der Waals surface area contributed by atoms with Crippen molar-refractivity contribution in [3.05, 3.63) is 57.5 Å². The van der Waals surface area contributed by atoms with Crippen LogP contribution in [0.15, 0.2) is 36.4 Å². The molecule has 1 radical (unpaired) electrons. The lowest BCUT2D eigenvalue weighted by molar-refractivity contribution is 1.61. The van der Waals surface area contributed by atoms with Crippen LogP contribution >= 0.6 is 34.8 Å². The molecule has 0 aliphatic heterocycles. The van der Waals surface area contributed by atoms with Gasteiger partial charge in [0.2, 0.25) is 0 Å². The predicted molar refractivity (Wildman–Crippen MR) is 65.7 cm³/mol. The topological polar surface area (TPSA) is 0 Å². The Morgan fingerprint density at radius 2 is 1.60 bits per heavy atom. The summed E-state index contributed by atoms with van der Waals surface area (Å²) in [4.78, 5) is 0. The van der Waals surface area contributed by atoms with E-state index in [4.69, 9.17) is 34.8 Å². The fraction of sp³-hybridized carbons (Fsp3) is 0. The minimum atomic E-state index is 0.637. The molecule has 3 heteroatoms. The van der Waals surface area contributed by atoms with E-state index in [1.807, 2.05) is 0 Å². The van der Waals surface area contributed by atoms with Crippen molar-refractivity contribution in [1.82, 2.24) is 0 Å². The molecular formula is C12H6Cl3. The third kappa shape index (κ3) is 2.46. The molecule has 0 heterocycles. The molecular weight excluding hydrogens is 250 g/mol. The number of hydrogen-bond acceptors (Lipinski definition) is 0. The fourth-order valence-corrected chi connectivity index (χ4v) is 1.86. The summed E-state index contributed by atoms with van der Waals surface area (Å²) in [6.07, 6.45) is 0. The molecule has 2 aromatic carbocycles. The Morgan fingerprint density at radius 3 is 2.33 bits per heavy atom. The second kappa shape index (κ2) is 4.44. The molecule has 2 aromatic rings. The third-order valence-corrected chi connectivity index (χ3v) is 2.78. The summed E-state index contributed by atoms with van der Waals surface area (Å²) in [6, 6.07) is 13.7. The van der Waals surface area contributed by atoms with Gasteiger partial charge in [0.05, 0.1) is 0 Å². The maximum Gasteiger partial charge on any atom is 0.0485 e. The van der Waals surface area contributed by atoms with Crippen molar-refractivity contribution in [3.8, 4) is 11.1 Å². The predicted octanol–water partition coefficient (Wildman–Crippen LogP) is 5.11. The van der Waals surface area contributed by atoms with E-state index in [0.29, 0.717) is 15.1 Å². The van der Waals surface area contributed by atoms with Gasteiger partial charge in [0.15, 0.2) is 0 Å². The Kier molecular flexibility index (Phi) is 3.20. The first-order valence-electron chi connectivity index (χ1n) is 4.29. The number of hydrogen-bond donors (Lipinski definition) is 0. The van der Waals surface area contributed by atoms with Crippen LogP contribution in [0.1, 0.15) is 0 Å². The van der Waals surface area contributed by atoms with Crippen molar-refractivity contribution in [3.63, 3.8) is 0 Å². The minimum absolute atomic E-state index is 0.637. The zero-order valence-corrected chi connectivity index (χ0v) is 9.87. The molecule has 0 atom stereocenters. The summed E-state index contributed by atoms with van der Waals surface area (Å²) in [7, 11) is 0. The Bertz CT molecular complexity index is 492. The maximum absolute atomic E-state index is 6.06. The molecule has 0 aliphatic carbocycles. The second-order valence-corrected chi connectivity index (χ2v) is 4.32. The standard InChI is InChI=1S/C12H6Cl3/c13-9-3-1-2-8(6-9)11-7-10(14)4-5-12(11)15/h1,3-7H. The van der Waals surface area contributed by atoms with E-state index in [1.54, 1.807) is 36.4 Å². The molecule has 0 N–H and O–H groups in total. The van der Waals surface area contributed by atoms with Crippen molar-refractivity contribution >= 4 is 34.8 Å². The average molecular weight is 257 g/mol. The van der Waals surface area contributed by atoms with Crippen LogP contribution in [0.2, 0.25) is 15.1 Å². The van der Waals surface area contributed by atoms with E-state index >= 15 is 0 Å². The van der Waals surface area contributed by atoms with Crippen molar-refractivity contribution in [2.75, 3.05) is 0 Å². The molecule has 0 saturated heterocycles. The Balaban J connectivity index is 2.58. The highest BCUT2D eigenvalue weighted by atomic mass is 35.5. The molecule has 0 fully saturated rings. The van der Waals surface area contributed by atoms with E-state index in [2.05, 4.69) is 6.07 Å². The Hall–Kier alpha value is -0.690. The lowest BCUT2D eigenvalue weighted by Crippen LogP contribution is -1.80. The van der Waals surface area contributed by atoms with Crippen LogP contribution in [0.5, 0.6) is 0 Å².